The van der Waals surface area contributed by atoms with E-state index in [1.165, 1.54) is 11.3 Å². The van der Waals surface area contributed by atoms with Gasteiger partial charge in [-0.15, -0.1) is 11.3 Å². The number of rotatable bonds is 8. The predicted octanol–water partition coefficient (Wildman–Crippen LogP) is 4.77. The zero-order chi connectivity index (χ0) is 20.8. The van der Waals surface area contributed by atoms with Crippen LogP contribution in [0, 0.1) is 0 Å². The number of anilines is 1. The minimum Gasteiger partial charge on any atom is -0.497 e. The normalized spacial score (nSPS) is 10.6. The molecule has 0 spiro atoms. The number of nitrogens with zero attached hydrogens (tertiary/aromatic N) is 2. The molecule has 6 nitrogen and oxygen atoms in total. The van der Waals surface area contributed by atoms with Crippen LogP contribution in [-0.2, 0) is 4.74 Å². The molecule has 0 saturated carbocycles. The molecule has 152 valence electrons. The number of amides is 1. The average Bonchev–Trinajstić information content (AvgIpc) is 3.23. The van der Waals surface area contributed by atoms with Gasteiger partial charge < -0.3 is 14.2 Å². The van der Waals surface area contributed by atoms with Gasteiger partial charge in [0.1, 0.15) is 11.5 Å². The molecule has 1 aromatic heterocycles. The molecular weight excluding hydrogens is 412 g/mol. The Labute approximate surface area is 178 Å². The summed E-state index contributed by atoms with van der Waals surface area (Å²) in [5.74, 6) is 1.13. The molecule has 0 saturated heterocycles. The fourth-order valence-electron chi connectivity index (χ4n) is 2.77. The van der Waals surface area contributed by atoms with Crippen molar-refractivity contribution in [3.8, 4) is 22.8 Å². The first-order chi connectivity index (χ1) is 14.1. The SMILES string of the molecule is COCCN(C(=O)c1ccccc1Cl)c1nc(-c2cc(OC)ccc2OC)cs1. The molecule has 2 aromatic carbocycles. The molecule has 1 heterocycles. The quantitative estimate of drug-likeness (QED) is 0.513. The maximum atomic E-state index is 13.1. The molecule has 3 aromatic rings. The summed E-state index contributed by atoms with van der Waals surface area (Å²) in [7, 11) is 4.80. The lowest BCUT2D eigenvalue weighted by atomic mass is 10.1. The summed E-state index contributed by atoms with van der Waals surface area (Å²) in [6.07, 6.45) is 0. The molecule has 0 N–H and O–H groups in total. The van der Waals surface area contributed by atoms with E-state index in [1.807, 2.05) is 23.6 Å². The maximum absolute atomic E-state index is 13.1. The van der Waals surface area contributed by atoms with Crippen molar-refractivity contribution in [2.75, 3.05) is 39.4 Å². The van der Waals surface area contributed by atoms with Crippen molar-refractivity contribution >= 4 is 34.0 Å². The molecular formula is C21H21ClN2O4S. The number of aromatic nitrogens is 1. The Hall–Kier alpha value is -2.61. The Morgan fingerprint density at radius 2 is 1.93 bits per heavy atom. The second-order valence-corrected chi connectivity index (χ2v) is 7.25. The summed E-state index contributed by atoms with van der Waals surface area (Å²) in [5.41, 5.74) is 1.89. The van der Waals surface area contributed by atoms with Crippen molar-refractivity contribution in [3.63, 3.8) is 0 Å². The Morgan fingerprint density at radius 3 is 2.62 bits per heavy atom. The van der Waals surface area contributed by atoms with E-state index < -0.39 is 0 Å². The van der Waals surface area contributed by atoms with E-state index in [-0.39, 0.29) is 5.91 Å². The van der Waals surface area contributed by atoms with Gasteiger partial charge >= 0.3 is 0 Å². The van der Waals surface area contributed by atoms with Crippen LogP contribution in [0.25, 0.3) is 11.3 Å². The molecule has 0 fully saturated rings. The number of ether oxygens (including phenoxy) is 3. The summed E-state index contributed by atoms with van der Waals surface area (Å²) in [6.45, 7) is 0.719. The van der Waals surface area contributed by atoms with Gasteiger partial charge in [0, 0.05) is 18.1 Å². The van der Waals surface area contributed by atoms with Crippen LogP contribution in [0.2, 0.25) is 5.02 Å². The van der Waals surface area contributed by atoms with Crippen LogP contribution in [0.15, 0.2) is 47.8 Å². The molecule has 0 unspecified atom stereocenters. The van der Waals surface area contributed by atoms with Crippen LogP contribution < -0.4 is 14.4 Å². The molecule has 0 bridgehead atoms. The highest BCUT2D eigenvalue weighted by Gasteiger charge is 2.23. The van der Waals surface area contributed by atoms with Gasteiger partial charge in [0.15, 0.2) is 5.13 Å². The number of benzene rings is 2. The number of halogens is 1. The second kappa shape index (κ2) is 9.73. The molecule has 0 aliphatic heterocycles. The monoisotopic (exact) mass is 432 g/mol. The van der Waals surface area contributed by atoms with Crippen LogP contribution in [0.1, 0.15) is 10.4 Å². The Bertz CT molecular complexity index is 992. The highest BCUT2D eigenvalue weighted by Crippen LogP contribution is 2.36. The standard InChI is InChI=1S/C21H21ClN2O4S/c1-26-11-10-24(20(25)15-6-4-5-7-17(15)22)21-23-18(13-29-21)16-12-14(27-2)8-9-19(16)28-3/h4-9,12-13H,10-11H2,1-3H3. The number of hydrogen-bond donors (Lipinski definition) is 0. The number of carbonyl (C=O) groups excluding carboxylic acids is 1. The minimum absolute atomic E-state index is 0.230. The third kappa shape index (κ3) is 4.70. The fourth-order valence-corrected chi connectivity index (χ4v) is 3.84. The van der Waals surface area contributed by atoms with Crippen molar-refractivity contribution < 1.29 is 19.0 Å². The van der Waals surface area contributed by atoms with E-state index in [9.17, 15) is 4.79 Å². The second-order valence-electron chi connectivity index (χ2n) is 6.01. The first-order valence-electron chi connectivity index (χ1n) is 8.82. The van der Waals surface area contributed by atoms with Crippen molar-refractivity contribution in [2.45, 2.75) is 0 Å². The highest BCUT2D eigenvalue weighted by atomic mass is 35.5. The Morgan fingerprint density at radius 1 is 1.14 bits per heavy atom. The number of methoxy groups -OCH3 is 3. The smallest absolute Gasteiger partial charge is 0.261 e. The van der Waals surface area contributed by atoms with Crippen molar-refractivity contribution in [1.29, 1.82) is 0 Å². The van der Waals surface area contributed by atoms with Gasteiger partial charge in [0.05, 0.1) is 43.7 Å². The van der Waals surface area contributed by atoms with Crippen LogP contribution in [-0.4, -0.2) is 45.4 Å². The van der Waals surface area contributed by atoms with Crippen molar-refractivity contribution in [3.05, 3.63) is 58.4 Å². The third-order valence-corrected chi connectivity index (χ3v) is 5.47. The first kappa shape index (κ1) is 21.1. The number of thiazole rings is 1. The van der Waals surface area contributed by atoms with Crippen molar-refractivity contribution in [1.82, 2.24) is 4.98 Å². The average molecular weight is 433 g/mol. The van der Waals surface area contributed by atoms with E-state index in [0.717, 1.165) is 5.56 Å². The summed E-state index contributed by atoms with van der Waals surface area (Å²) < 4.78 is 16.0. The lowest BCUT2D eigenvalue weighted by Gasteiger charge is -2.20. The van der Waals surface area contributed by atoms with Crippen LogP contribution in [0.4, 0.5) is 5.13 Å². The van der Waals surface area contributed by atoms with E-state index >= 15 is 0 Å². The lowest BCUT2D eigenvalue weighted by molar-refractivity contribution is 0.0976. The van der Waals surface area contributed by atoms with E-state index in [2.05, 4.69) is 4.98 Å². The topological polar surface area (TPSA) is 60.9 Å². The van der Waals surface area contributed by atoms with Gasteiger partial charge in [-0.1, -0.05) is 23.7 Å². The van der Waals surface area contributed by atoms with E-state index in [4.69, 9.17) is 25.8 Å². The molecule has 3 rings (SSSR count). The zero-order valence-corrected chi connectivity index (χ0v) is 17.9. The third-order valence-electron chi connectivity index (χ3n) is 4.27. The molecule has 0 aliphatic rings. The van der Waals surface area contributed by atoms with Gasteiger partial charge in [-0.25, -0.2) is 4.98 Å². The number of carbonyl (C=O) groups is 1. The summed E-state index contributed by atoms with van der Waals surface area (Å²) >= 11 is 7.60. The Kier molecular flexibility index (Phi) is 7.09. The molecule has 29 heavy (non-hydrogen) atoms. The molecule has 0 atom stereocenters. The van der Waals surface area contributed by atoms with Crippen molar-refractivity contribution in [2.24, 2.45) is 0 Å². The van der Waals surface area contributed by atoms with E-state index in [0.29, 0.717) is 46.1 Å². The van der Waals surface area contributed by atoms with Gasteiger partial charge in [0.2, 0.25) is 0 Å². The minimum atomic E-state index is -0.230. The molecule has 1 amide bonds. The molecule has 8 heteroatoms. The predicted molar refractivity (Wildman–Crippen MR) is 116 cm³/mol. The largest absolute Gasteiger partial charge is 0.497 e. The van der Waals surface area contributed by atoms with Crippen LogP contribution in [0.5, 0.6) is 11.5 Å². The van der Waals surface area contributed by atoms with E-state index in [1.54, 1.807) is 50.5 Å². The highest BCUT2D eigenvalue weighted by molar-refractivity contribution is 7.14. The maximum Gasteiger partial charge on any atom is 0.261 e. The number of hydrogen-bond acceptors (Lipinski definition) is 6. The van der Waals surface area contributed by atoms with Crippen LogP contribution in [0.3, 0.4) is 0 Å². The zero-order valence-electron chi connectivity index (χ0n) is 16.3. The van der Waals surface area contributed by atoms with Gasteiger partial charge in [-0.05, 0) is 30.3 Å². The summed E-state index contributed by atoms with van der Waals surface area (Å²) in [5, 5.41) is 2.82. The summed E-state index contributed by atoms with van der Waals surface area (Å²) in [6, 6.07) is 12.5. The van der Waals surface area contributed by atoms with Crippen LogP contribution >= 0.6 is 22.9 Å². The summed E-state index contributed by atoms with van der Waals surface area (Å²) in [4.78, 5) is 19.4. The first-order valence-corrected chi connectivity index (χ1v) is 10.1. The van der Waals surface area contributed by atoms with Gasteiger partial charge in [0.25, 0.3) is 5.91 Å². The van der Waals surface area contributed by atoms with Gasteiger partial charge in [-0.3, -0.25) is 9.69 Å². The lowest BCUT2D eigenvalue weighted by Crippen LogP contribution is -2.34. The van der Waals surface area contributed by atoms with Gasteiger partial charge in [-0.2, -0.15) is 0 Å². The molecule has 0 aliphatic carbocycles. The fraction of sp³-hybridized carbons (Fsp3) is 0.238. The Balaban J connectivity index is 1.98. The molecule has 0 radical (unpaired) electrons.